The first kappa shape index (κ1) is 15.9. The number of carbonyl (C=O) groups excluding carboxylic acids is 1. The molecule has 0 saturated carbocycles. The number of hydrogen-bond donors (Lipinski definition) is 2. The first-order valence-electron chi connectivity index (χ1n) is 7.20. The van der Waals surface area contributed by atoms with E-state index in [0.29, 0.717) is 16.5 Å². The number of fused-ring (bicyclic) bond motifs is 1. The van der Waals surface area contributed by atoms with Crippen LogP contribution in [0.2, 0.25) is 5.02 Å². The zero-order valence-corrected chi connectivity index (χ0v) is 14.5. The molecule has 0 bridgehead atoms. The summed E-state index contributed by atoms with van der Waals surface area (Å²) >= 11 is 7.54. The summed E-state index contributed by atoms with van der Waals surface area (Å²) in [4.78, 5) is 15.4. The van der Waals surface area contributed by atoms with Crippen molar-refractivity contribution in [1.82, 2.24) is 4.98 Å². The average Bonchev–Trinajstić information content (AvgIpc) is 2.86. The van der Waals surface area contributed by atoms with Crippen molar-refractivity contribution in [3.05, 3.63) is 53.1 Å². The summed E-state index contributed by atoms with van der Waals surface area (Å²) in [5.41, 5.74) is 3.88. The van der Waals surface area contributed by atoms with Crippen LogP contribution in [0.5, 0.6) is 0 Å². The largest absolute Gasteiger partial charge is 0.325 e. The second kappa shape index (κ2) is 6.64. The molecule has 2 aromatic carbocycles. The molecule has 0 aliphatic rings. The fraction of sp³-hybridized carbons (Fsp3) is 0.176. The summed E-state index contributed by atoms with van der Waals surface area (Å²) in [6, 6.07) is 13.6. The minimum atomic E-state index is -0.0615. The molecule has 2 N–H and O–H groups in total. The molecule has 1 amide bonds. The molecule has 0 aliphatic carbocycles. The van der Waals surface area contributed by atoms with Crippen molar-refractivity contribution in [2.75, 3.05) is 11.1 Å². The summed E-state index contributed by atoms with van der Waals surface area (Å²) in [5.74, 6) is 0.264. The van der Waals surface area contributed by atoms with Crippen molar-refractivity contribution >= 4 is 46.0 Å². The molecule has 6 heteroatoms. The van der Waals surface area contributed by atoms with Crippen LogP contribution in [0.4, 0.5) is 5.69 Å². The van der Waals surface area contributed by atoms with E-state index < -0.39 is 0 Å². The minimum absolute atomic E-state index is 0.0615. The SMILES string of the molecule is Cc1ccc(NC(=O)CSc2[nH]c3ccccc3[n+]2C)cc1Cl. The topological polar surface area (TPSA) is 48.8 Å². The molecule has 4 nitrogen and oxygen atoms in total. The smallest absolute Gasteiger partial charge is 0.317 e. The summed E-state index contributed by atoms with van der Waals surface area (Å²) in [6.07, 6.45) is 0. The maximum absolute atomic E-state index is 12.1. The van der Waals surface area contributed by atoms with Crippen molar-refractivity contribution in [2.24, 2.45) is 7.05 Å². The zero-order chi connectivity index (χ0) is 16.4. The number of amides is 1. The maximum Gasteiger partial charge on any atom is 0.317 e. The van der Waals surface area contributed by atoms with E-state index in [0.717, 1.165) is 21.8 Å². The number of hydrogen-bond acceptors (Lipinski definition) is 2. The fourth-order valence-corrected chi connectivity index (χ4v) is 3.31. The van der Waals surface area contributed by atoms with E-state index in [1.807, 2.05) is 50.4 Å². The lowest BCUT2D eigenvalue weighted by Crippen LogP contribution is -2.29. The number of nitrogens with zero attached hydrogens (tertiary/aromatic N) is 1. The number of halogens is 1. The summed E-state index contributed by atoms with van der Waals surface area (Å²) in [5, 5.41) is 4.46. The first-order valence-corrected chi connectivity index (χ1v) is 8.56. The molecule has 3 rings (SSSR count). The van der Waals surface area contributed by atoms with Crippen LogP contribution in [0.3, 0.4) is 0 Å². The molecule has 0 spiro atoms. The predicted octanol–water partition coefficient (Wildman–Crippen LogP) is 3.69. The summed E-state index contributed by atoms with van der Waals surface area (Å²) in [7, 11) is 1.98. The number of H-pyrrole nitrogens is 1. The van der Waals surface area contributed by atoms with Gasteiger partial charge in [-0.25, -0.2) is 9.55 Å². The molecule has 23 heavy (non-hydrogen) atoms. The Labute approximate surface area is 143 Å². The minimum Gasteiger partial charge on any atom is -0.325 e. The Morgan fingerprint density at radius 1 is 1.30 bits per heavy atom. The molecule has 1 heterocycles. The van der Waals surface area contributed by atoms with Gasteiger partial charge in [-0.05, 0) is 48.5 Å². The van der Waals surface area contributed by atoms with E-state index in [-0.39, 0.29) is 5.91 Å². The molecule has 0 atom stereocenters. The molecule has 3 aromatic rings. The number of thioether (sulfide) groups is 1. The van der Waals surface area contributed by atoms with Gasteiger partial charge in [0.05, 0.1) is 12.8 Å². The molecular weight excluding hydrogens is 330 g/mol. The van der Waals surface area contributed by atoms with Crippen LogP contribution in [0.1, 0.15) is 5.56 Å². The van der Waals surface area contributed by atoms with E-state index in [1.165, 1.54) is 11.8 Å². The number of carbonyl (C=O) groups is 1. The number of anilines is 1. The van der Waals surface area contributed by atoms with Gasteiger partial charge in [0, 0.05) is 10.7 Å². The lowest BCUT2D eigenvalue weighted by Gasteiger charge is -2.05. The number of aryl methyl sites for hydroxylation is 2. The molecular formula is C17H17ClN3OS+. The standard InChI is InChI=1S/C17H16ClN3OS/c1-11-7-8-12(9-13(11)18)19-16(22)10-23-17-20-14-5-3-4-6-15(14)21(17)2/h3-9H,10H2,1-2H3,(H,19,22)/p+1. The Bertz CT molecular complexity index is 875. The van der Waals surface area contributed by atoms with E-state index in [9.17, 15) is 4.79 Å². The van der Waals surface area contributed by atoms with Crippen molar-refractivity contribution < 1.29 is 9.36 Å². The Hall–Kier alpha value is -1.98. The Morgan fingerprint density at radius 3 is 2.83 bits per heavy atom. The monoisotopic (exact) mass is 346 g/mol. The van der Waals surface area contributed by atoms with Crippen molar-refractivity contribution in [1.29, 1.82) is 0 Å². The van der Waals surface area contributed by atoms with Crippen LogP contribution in [-0.2, 0) is 11.8 Å². The molecule has 0 radical (unpaired) electrons. The van der Waals surface area contributed by atoms with E-state index in [4.69, 9.17) is 11.6 Å². The Kier molecular flexibility index (Phi) is 4.59. The van der Waals surface area contributed by atoms with Gasteiger partial charge in [-0.2, -0.15) is 0 Å². The van der Waals surface area contributed by atoms with E-state index in [1.54, 1.807) is 6.07 Å². The van der Waals surface area contributed by atoms with Gasteiger partial charge in [0.2, 0.25) is 5.91 Å². The highest BCUT2D eigenvalue weighted by Gasteiger charge is 2.16. The van der Waals surface area contributed by atoms with Gasteiger partial charge in [-0.3, -0.25) is 4.79 Å². The van der Waals surface area contributed by atoms with Gasteiger partial charge in [0.25, 0.3) is 0 Å². The third-order valence-corrected chi connectivity index (χ3v) is 5.07. The number of aromatic nitrogens is 2. The highest BCUT2D eigenvalue weighted by atomic mass is 35.5. The lowest BCUT2D eigenvalue weighted by molar-refractivity contribution is -0.683. The number of imidazole rings is 1. The van der Waals surface area contributed by atoms with Gasteiger partial charge in [0.1, 0.15) is 0 Å². The zero-order valence-electron chi connectivity index (χ0n) is 12.9. The van der Waals surface area contributed by atoms with E-state index >= 15 is 0 Å². The summed E-state index contributed by atoms with van der Waals surface area (Å²) < 4.78 is 2.05. The van der Waals surface area contributed by atoms with Crippen LogP contribution in [-0.4, -0.2) is 16.6 Å². The maximum atomic E-state index is 12.1. The van der Waals surface area contributed by atoms with Crippen molar-refractivity contribution in [3.63, 3.8) is 0 Å². The van der Waals surface area contributed by atoms with Crippen LogP contribution in [0, 0.1) is 6.92 Å². The molecule has 0 unspecified atom stereocenters. The highest BCUT2D eigenvalue weighted by Crippen LogP contribution is 2.21. The summed E-state index contributed by atoms with van der Waals surface area (Å²) in [6.45, 7) is 1.93. The van der Waals surface area contributed by atoms with Gasteiger partial charge >= 0.3 is 5.16 Å². The quantitative estimate of drug-likeness (QED) is 0.559. The number of para-hydroxylation sites is 2. The van der Waals surface area contributed by atoms with Gasteiger partial charge in [0.15, 0.2) is 11.0 Å². The molecule has 0 fully saturated rings. The van der Waals surface area contributed by atoms with Crippen LogP contribution < -0.4 is 9.88 Å². The Balaban J connectivity index is 1.66. The highest BCUT2D eigenvalue weighted by molar-refractivity contribution is 7.99. The third-order valence-electron chi connectivity index (χ3n) is 3.61. The Morgan fingerprint density at radius 2 is 2.09 bits per heavy atom. The van der Waals surface area contributed by atoms with E-state index in [2.05, 4.69) is 14.9 Å². The molecule has 1 aromatic heterocycles. The number of rotatable bonds is 4. The molecule has 0 saturated heterocycles. The third kappa shape index (κ3) is 3.51. The van der Waals surface area contributed by atoms with Gasteiger partial charge < -0.3 is 5.32 Å². The van der Waals surface area contributed by atoms with Crippen molar-refractivity contribution in [3.8, 4) is 0 Å². The molecule has 0 aliphatic heterocycles. The van der Waals surface area contributed by atoms with Gasteiger partial charge in [-0.15, -0.1) is 0 Å². The average molecular weight is 347 g/mol. The second-order valence-electron chi connectivity index (χ2n) is 5.31. The predicted molar refractivity (Wildman–Crippen MR) is 95.0 cm³/mol. The fourth-order valence-electron chi connectivity index (χ4n) is 2.31. The molecule has 118 valence electrons. The van der Waals surface area contributed by atoms with Crippen LogP contribution in [0.15, 0.2) is 47.6 Å². The number of benzene rings is 2. The first-order chi connectivity index (χ1) is 11.0. The second-order valence-corrected chi connectivity index (χ2v) is 6.68. The van der Waals surface area contributed by atoms with Crippen LogP contribution >= 0.6 is 23.4 Å². The van der Waals surface area contributed by atoms with Gasteiger partial charge in [-0.1, -0.05) is 29.8 Å². The number of nitrogens with one attached hydrogen (secondary N) is 2. The van der Waals surface area contributed by atoms with Crippen molar-refractivity contribution in [2.45, 2.75) is 12.1 Å². The normalized spacial score (nSPS) is 10.9. The van der Waals surface area contributed by atoms with Crippen LogP contribution in [0.25, 0.3) is 11.0 Å². The number of aromatic amines is 1. The lowest BCUT2D eigenvalue weighted by atomic mass is 10.2.